The van der Waals surface area contributed by atoms with E-state index in [1.54, 1.807) is 6.07 Å². The topological polar surface area (TPSA) is 20.2 Å². The van der Waals surface area contributed by atoms with E-state index in [0.717, 1.165) is 12.1 Å². The summed E-state index contributed by atoms with van der Waals surface area (Å²) in [6.45, 7) is 0. The molecule has 0 heterocycles. The van der Waals surface area contributed by atoms with Crippen molar-refractivity contribution in [3.05, 3.63) is 69.4 Å². The first-order valence-corrected chi connectivity index (χ1v) is 6.81. The van der Waals surface area contributed by atoms with Crippen molar-refractivity contribution < 1.29 is 18.3 Å². The Hall–Kier alpha value is -1.33. The molecule has 1 atom stereocenters. The number of halogens is 4. The van der Waals surface area contributed by atoms with Crippen LogP contribution in [0.4, 0.5) is 13.2 Å². The highest BCUT2D eigenvalue weighted by atomic mass is 79.9. The summed E-state index contributed by atoms with van der Waals surface area (Å²) < 4.78 is 40.1. The molecule has 1 unspecified atom stereocenters. The van der Waals surface area contributed by atoms with Gasteiger partial charge in [-0.2, -0.15) is 0 Å². The lowest BCUT2D eigenvalue weighted by Gasteiger charge is -2.13. The van der Waals surface area contributed by atoms with Crippen LogP contribution in [-0.2, 0) is 12.8 Å². The highest BCUT2D eigenvalue weighted by molar-refractivity contribution is 9.10. The molecule has 0 radical (unpaired) electrons. The molecule has 1 N–H and O–H groups in total. The van der Waals surface area contributed by atoms with Crippen molar-refractivity contribution in [3.63, 3.8) is 0 Å². The summed E-state index contributed by atoms with van der Waals surface area (Å²) >= 11 is 3.27. The van der Waals surface area contributed by atoms with Crippen LogP contribution < -0.4 is 0 Å². The summed E-state index contributed by atoms with van der Waals surface area (Å²) in [6, 6.07) is 7.39. The quantitative estimate of drug-likeness (QED) is 0.888. The highest BCUT2D eigenvalue weighted by Gasteiger charge is 2.13. The normalized spacial score (nSPS) is 12.4. The molecule has 0 aliphatic carbocycles. The fourth-order valence-electron chi connectivity index (χ4n) is 1.97. The Bertz CT molecular complexity index is 616. The van der Waals surface area contributed by atoms with Gasteiger partial charge in [0.05, 0.1) is 6.10 Å². The monoisotopic (exact) mass is 344 g/mol. The molecular weight excluding hydrogens is 333 g/mol. The van der Waals surface area contributed by atoms with Crippen LogP contribution in [0, 0.1) is 17.5 Å². The molecule has 1 nitrogen and oxygen atoms in total. The molecule has 5 heteroatoms. The van der Waals surface area contributed by atoms with E-state index in [1.165, 1.54) is 18.2 Å². The SMILES string of the molecule is OC(Cc1ccc(F)cc1F)Cc1cc(F)ccc1Br. The maximum absolute atomic E-state index is 13.5. The van der Waals surface area contributed by atoms with Gasteiger partial charge in [-0.15, -0.1) is 0 Å². The van der Waals surface area contributed by atoms with Gasteiger partial charge in [0.15, 0.2) is 0 Å². The fourth-order valence-corrected chi connectivity index (χ4v) is 2.38. The third kappa shape index (κ3) is 3.84. The summed E-state index contributed by atoms with van der Waals surface area (Å²) in [5.41, 5.74) is 0.825. The molecule has 0 aliphatic rings. The second kappa shape index (κ2) is 6.41. The average molecular weight is 345 g/mol. The molecule has 0 saturated carbocycles. The van der Waals surface area contributed by atoms with Crippen LogP contribution in [0.25, 0.3) is 0 Å². The number of benzene rings is 2. The van der Waals surface area contributed by atoms with Gasteiger partial charge in [0.25, 0.3) is 0 Å². The average Bonchev–Trinajstić information content (AvgIpc) is 2.37. The zero-order chi connectivity index (χ0) is 14.7. The third-order valence-electron chi connectivity index (χ3n) is 2.93. The maximum atomic E-state index is 13.5. The van der Waals surface area contributed by atoms with Crippen LogP contribution in [0.2, 0.25) is 0 Å². The first kappa shape index (κ1) is 15.1. The van der Waals surface area contributed by atoms with E-state index < -0.39 is 23.6 Å². The summed E-state index contributed by atoms with van der Waals surface area (Å²) in [5, 5.41) is 9.96. The standard InChI is InChI=1S/C15H12BrF3O/c16-14-4-3-11(17)5-10(14)7-13(20)6-9-1-2-12(18)8-15(9)19/h1-5,8,13,20H,6-7H2. The van der Waals surface area contributed by atoms with Crippen LogP contribution >= 0.6 is 15.9 Å². The van der Waals surface area contributed by atoms with Crippen molar-refractivity contribution in [2.24, 2.45) is 0 Å². The zero-order valence-corrected chi connectivity index (χ0v) is 12.0. The predicted molar refractivity (Wildman–Crippen MR) is 73.9 cm³/mol. The van der Waals surface area contributed by atoms with E-state index in [0.29, 0.717) is 10.0 Å². The number of hydrogen-bond acceptors (Lipinski definition) is 1. The van der Waals surface area contributed by atoms with Gasteiger partial charge in [0.2, 0.25) is 0 Å². The Labute approximate surface area is 123 Å². The van der Waals surface area contributed by atoms with Crippen LogP contribution in [0.5, 0.6) is 0 Å². The molecule has 0 aromatic heterocycles. The molecule has 2 rings (SSSR count). The molecule has 2 aromatic carbocycles. The minimum Gasteiger partial charge on any atom is -0.392 e. The van der Waals surface area contributed by atoms with Crippen molar-refractivity contribution in [2.75, 3.05) is 0 Å². The Morgan fingerprint density at radius 1 is 0.900 bits per heavy atom. The lowest BCUT2D eigenvalue weighted by Crippen LogP contribution is -2.15. The summed E-state index contributed by atoms with van der Waals surface area (Å²) in [5.74, 6) is -1.75. The minimum absolute atomic E-state index is 0.0368. The van der Waals surface area contributed by atoms with E-state index >= 15 is 0 Å². The molecule has 106 valence electrons. The van der Waals surface area contributed by atoms with Gasteiger partial charge < -0.3 is 5.11 Å². The van der Waals surface area contributed by atoms with Crippen LogP contribution in [0.15, 0.2) is 40.9 Å². The zero-order valence-electron chi connectivity index (χ0n) is 10.4. The van der Waals surface area contributed by atoms with E-state index in [1.807, 2.05) is 0 Å². The highest BCUT2D eigenvalue weighted by Crippen LogP contribution is 2.21. The number of rotatable bonds is 4. The van der Waals surface area contributed by atoms with Crippen molar-refractivity contribution in [1.29, 1.82) is 0 Å². The Kier molecular flexibility index (Phi) is 4.83. The molecule has 0 aliphatic heterocycles. The molecular formula is C15H12BrF3O. The van der Waals surface area contributed by atoms with Gasteiger partial charge in [-0.3, -0.25) is 0 Å². The lowest BCUT2D eigenvalue weighted by molar-refractivity contribution is 0.174. The Balaban J connectivity index is 2.08. The smallest absolute Gasteiger partial charge is 0.129 e. The van der Waals surface area contributed by atoms with E-state index in [9.17, 15) is 18.3 Å². The summed E-state index contributed by atoms with van der Waals surface area (Å²) in [4.78, 5) is 0. The molecule has 2 aromatic rings. The van der Waals surface area contributed by atoms with Gasteiger partial charge in [-0.1, -0.05) is 22.0 Å². The minimum atomic E-state index is -0.881. The third-order valence-corrected chi connectivity index (χ3v) is 3.71. The number of aliphatic hydroxyl groups excluding tert-OH is 1. The van der Waals surface area contributed by atoms with Gasteiger partial charge in [-0.05, 0) is 41.8 Å². The Morgan fingerprint density at radius 2 is 1.50 bits per heavy atom. The maximum Gasteiger partial charge on any atom is 0.129 e. The second-order valence-electron chi connectivity index (χ2n) is 4.53. The molecule has 0 spiro atoms. The van der Waals surface area contributed by atoms with Crippen molar-refractivity contribution in [2.45, 2.75) is 18.9 Å². The largest absolute Gasteiger partial charge is 0.392 e. The second-order valence-corrected chi connectivity index (χ2v) is 5.39. The Morgan fingerprint density at radius 3 is 2.20 bits per heavy atom. The first-order chi connectivity index (χ1) is 9.45. The fraction of sp³-hybridized carbons (Fsp3) is 0.200. The van der Waals surface area contributed by atoms with Crippen molar-refractivity contribution in [3.8, 4) is 0 Å². The predicted octanol–water partition coefficient (Wildman–Crippen LogP) is 4.01. The van der Waals surface area contributed by atoms with Crippen molar-refractivity contribution >= 4 is 15.9 Å². The van der Waals surface area contributed by atoms with E-state index in [-0.39, 0.29) is 18.4 Å². The first-order valence-electron chi connectivity index (χ1n) is 6.01. The summed E-state index contributed by atoms with van der Waals surface area (Å²) in [7, 11) is 0. The van der Waals surface area contributed by atoms with Gasteiger partial charge in [-0.25, -0.2) is 13.2 Å². The van der Waals surface area contributed by atoms with E-state index in [2.05, 4.69) is 15.9 Å². The molecule has 20 heavy (non-hydrogen) atoms. The van der Waals surface area contributed by atoms with Crippen LogP contribution in [0.1, 0.15) is 11.1 Å². The lowest BCUT2D eigenvalue weighted by atomic mass is 10.0. The van der Waals surface area contributed by atoms with Gasteiger partial charge in [0.1, 0.15) is 17.5 Å². The van der Waals surface area contributed by atoms with Gasteiger partial charge in [0, 0.05) is 17.0 Å². The van der Waals surface area contributed by atoms with E-state index in [4.69, 9.17) is 0 Å². The van der Waals surface area contributed by atoms with Crippen LogP contribution in [-0.4, -0.2) is 11.2 Å². The number of aliphatic hydroxyl groups is 1. The molecule has 0 fully saturated rings. The van der Waals surface area contributed by atoms with Crippen LogP contribution in [0.3, 0.4) is 0 Å². The van der Waals surface area contributed by atoms with Gasteiger partial charge >= 0.3 is 0 Å². The summed E-state index contributed by atoms with van der Waals surface area (Å²) in [6.07, 6.45) is -0.669. The van der Waals surface area contributed by atoms with Crippen molar-refractivity contribution in [1.82, 2.24) is 0 Å². The number of hydrogen-bond donors (Lipinski definition) is 1. The molecule has 0 bridgehead atoms. The molecule has 0 amide bonds. The molecule has 0 saturated heterocycles.